The van der Waals surface area contributed by atoms with Crippen LogP contribution >= 0.6 is 0 Å². The van der Waals surface area contributed by atoms with Crippen LogP contribution in [0.4, 0.5) is 0 Å². The third kappa shape index (κ3) is 5.78. The van der Waals surface area contributed by atoms with E-state index < -0.39 is 0 Å². The summed E-state index contributed by atoms with van der Waals surface area (Å²) in [5.41, 5.74) is 2.12. The molecule has 0 unspecified atom stereocenters. The van der Waals surface area contributed by atoms with Gasteiger partial charge in [0.15, 0.2) is 0 Å². The molecule has 30 heavy (non-hydrogen) atoms. The highest BCUT2D eigenvalue weighted by Crippen LogP contribution is 2.25. The summed E-state index contributed by atoms with van der Waals surface area (Å²) < 4.78 is 11.0. The number of carbonyl (C=O) groups is 1. The minimum absolute atomic E-state index is 0.128. The molecule has 0 aliphatic rings. The average Bonchev–Trinajstić information content (AvgIpc) is 2.77. The van der Waals surface area contributed by atoms with Crippen LogP contribution in [0.25, 0.3) is 5.70 Å². The summed E-state index contributed by atoms with van der Waals surface area (Å²) >= 11 is 0. The fraction of sp³-hybridized carbons (Fsp3) is 0.125. The Morgan fingerprint density at radius 1 is 0.867 bits per heavy atom. The average molecular weight is 404 g/mol. The van der Waals surface area contributed by atoms with Gasteiger partial charge in [-0.3, -0.25) is 4.79 Å². The standard InChI is InChI=1S/C24H24N2O4/c1-17(25-14-15-26-24(28)18-6-8-20(27)9-7-18)19-4-3-5-23(16-19)30-22-12-10-21(29-2)11-13-22/h3-13,16,25,27H,1,14-15H2,2H3,(H,26,28). The quantitative estimate of drug-likeness (QED) is 0.466. The maximum atomic E-state index is 12.1. The molecule has 3 aromatic carbocycles. The zero-order valence-electron chi connectivity index (χ0n) is 16.7. The van der Waals surface area contributed by atoms with Crippen LogP contribution in [-0.4, -0.2) is 31.2 Å². The van der Waals surface area contributed by atoms with Gasteiger partial charge in [-0.2, -0.15) is 0 Å². The van der Waals surface area contributed by atoms with Gasteiger partial charge in [0.1, 0.15) is 23.0 Å². The Morgan fingerprint density at radius 2 is 1.53 bits per heavy atom. The molecule has 6 nitrogen and oxygen atoms in total. The molecule has 0 aromatic heterocycles. The molecule has 0 bridgehead atoms. The van der Waals surface area contributed by atoms with Gasteiger partial charge in [-0.25, -0.2) is 0 Å². The van der Waals surface area contributed by atoms with Gasteiger partial charge in [0.05, 0.1) is 7.11 Å². The molecule has 0 saturated heterocycles. The highest BCUT2D eigenvalue weighted by Gasteiger charge is 2.06. The lowest BCUT2D eigenvalue weighted by atomic mass is 10.1. The smallest absolute Gasteiger partial charge is 0.251 e. The molecule has 0 atom stereocenters. The molecule has 6 heteroatoms. The lowest BCUT2D eigenvalue weighted by molar-refractivity contribution is 0.0954. The van der Waals surface area contributed by atoms with Crippen molar-refractivity contribution in [3.63, 3.8) is 0 Å². The topological polar surface area (TPSA) is 79.8 Å². The lowest BCUT2D eigenvalue weighted by Crippen LogP contribution is -2.31. The summed E-state index contributed by atoms with van der Waals surface area (Å²) in [4.78, 5) is 12.1. The third-order valence-corrected chi connectivity index (χ3v) is 4.36. The molecule has 1 amide bonds. The van der Waals surface area contributed by atoms with Gasteiger partial charge in [0.25, 0.3) is 5.91 Å². The molecule has 3 N–H and O–H groups in total. The SMILES string of the molecule is C=C(NCCNC(=O)c1ccc(O)cc1)c1cccc(Oc2ccc(OC)cc2)c1. The highest BCUT2D eigenvalue weighted by molar-refractivity contribution is 5.94. The van der Waals surface area contributed by atoms with Gasteiger partial charge >= 0.3 is 0 Å². The van der Waals surface area contributed by atoms with Crippen LogP contribution in [0.15, 0.2) is 79.4 Å². The Hall–Kier alpha value is -3.93. The Kier molecular flexibility index (Phi) is 6.95. The van der Waals surface area contributed by atoms with Crippen molar-refractivity contribution in [1.29, 1.82) is 0 Å². The van der Waals surface area contributed by atoms with E-state index >= 15 is 0 Å². The number of methoxy groups -OCH3 is 1. The third-order valence-electron chi connectivity index (χ3n) is 4.36. The Morgan fingerprint density at radius 3 is 2.23 bits per heavy atom. The first-order valence-electron chi connectivity index (χ1n) is 9.47. The van der Waals surface area contributed by atoms with Crippen LogP contribution < -0.4 is 20.1 Å². The largest absolute Gasteiger partial charge is 0.508 e. The molecular weight excluding hydrogens is 380 g/mol. The Bertz CT molecular complexity index is 998. The number of hydrogen-bond donors (Lipinski definition) is 3. The monoisotopic (exact) mass is 404 g/mol. The minimum atomic E-state index is -0.197. The highest BCUT2D eigenvalue weighted by atomic mass is 16.5. The second kappa shape index (κ2) is 10.0. The van der Waals surface area contributed by atoms with Crippen LogP contribution in [0.3, 0.4) is 0 Å². The van der Waals surface area contributed by atoms with Gasteiger partial charge in [-0.15, -0.1) is 0 Å². The number of carbonyl (C=O) groups excluding carboxylic acids is 1. The number of nitrogens with one attached hydrogen (secondary N) is 2. The number of amides is 1. The number of phenols is 1. The van der Waals surface area contributed by atoms with Crippen LogP contribution in [-0.2, 0) is 0 Å². The lowest BCUT2D eigenvalue weighted by Gasteiger charge is -2.12. The van der Waals surface area contributed by atoms with Gasteiger partial charge in [-0.1, -0.05) is 18.7 Å². The van der Waals surface area contributed by atoms with Gasteiger partial charge in [0, 0.05) is 29.9 Å². The van der Waals surface area contributed by atoms with Crippen molar-refractivity contribution in [1.82, 2.24) is 10.6 Å². The van der Waals surface area contributed by atoms with Crippen molar-refractivity contribution in [2.45, 2.75) is 0 Å². The van der Waals surface area contributed by atoms with Crippen molar-refractivity contribution in [2.24, 2.45) is 0 Å². The molecule has 0 fully saturated rings. The zero-order valence-corrected chi connectivity index (χ0v) is 16.7. The van der Waals surface area contributed by atoms with Crippen LogP contribution in [0.5, 0.6) is 23.0 Å². The summed E-state index contributed by atoms with van der Waals surface area (Å²) in [5, 5.41) is 15.3. The normalized spacial score (nSPS) is 10.2. The Balaban J connectivity index is 1.48. The fourth-order valence-electron chi connectivity index (χ4n) is 2.73. The van der Waals surface area contributed by atoms with E-state index in [9.17, 15) is 9.90 Å². The van der Waals surface area contributed by atoms with Crippen molar-refractivity contribution in [3.8, 4) is 23.0 Å². The molecular formula is C24H24N2O4. The van der Waals surface area contributed by atoms with Gasteiger partial charge in [-0.05, 0) is 60.7 Å². The summed E-state index contributed by atoms with van der Waals surface area (Å²) in [6.45, 7) is 5.01. The molecule has 0 heterocycles. The van der Waals surface area contributed by atoms with Crippen molar-refractivity contribution >= 4 is 11.6 Å². The van der Waals surface area contributed by atoms with Crippen LogP contribution in [0.1, 0.15) is 15.9 Å². The molecule has 0 saturated carbocycles. The van der Waals surface area contributed by atoms with Gasteiger partial charge in [0.2, 0.25) is 0 Å². The molecule has 3 aromatic rings. The van der Waals surface area contributed by atoms with E-state index in [2.05, 4.69) is 17.2 Å². The molecule has 0 aliphatic heterocycles. The molecule has 0 spiro atoms. The molecule has 154 valence electrons. The number of aromatic hydroxyl groups is 1. The number of benzene rings is 3. The first-order valence-corrected chi connectivity index (χ1v) is 9.47. The van der Waals surface area contributed by atoms with E-state index in [-0.39, 0.29) is 11.7 Å². The number of rotatable bonds is 9. The van der Waals surface area contributed by atoms with E-state index in [0.29, 0.717) is 30.2 Å². The van der Waals surface area contributed by atoms with Crippen LogP contribution in [0, 0.1) is 0 Å². The van der Waals surface area contributed by atoms with E-state index in [1.165, 1.54) is 12.1 Å². The predicted octanol–water partition coefficient (Wildman–Crippen LogP) is 4.18. The van der Waals surface area contributed by atoms with E-state index in [1.807, 2.05) is 48.5 Å². The first-order chi connectivity index (χ1) is 14.5. The van der Waals surface area contributed by atoms with E-state index in [1.54, 1.807) is 19.2 Å². The van der Waals surface area contributed by atoms with Crippen molar-refractivity contribution in [2.75, 3.05) is 20.2 Å². The molecule has 3 rings (SSSR count). The van der Waals surface area contributed by atoms with Gasteiger partial charge < -0.3 is 25.2 Å². The van der Waals surface area contributed by atoms with E-state index in [0.717, 1.165) is 17.0 Å². The van der Waals surface area contributed by atoms with Crippen molar-refractivity contribution in [3.05, 3.63) is 90.5 Å². The Labute approximate surface area is 175 Å². The maximum Gasteiger partial charge on any atom is 0.251 e. The molecule has 0 radical (unpaired) electrons. The second-order valence-electron chi connectivity index (χ2n) is 6.51. The fourth-order valence-corrected chi connectivity index (χ4v) is 2.73. The number of ether oxygens (including phenoxy) is 2. The van der Waals surface area contributed by atoms with Crippen LogP contribution in [0.2, 0.25) is 0 Å². The molecule has 0 aliphatic carbocycles. The minimum Gasteiger partial charge on any atom is -0.508 e. The predicted molar refractivity (Wildman–Crippen MR) is 117 cm³/mol. The summed E-state index contributed by atoms with van der Waals surface area (Å²) in [6, 6.07) is 21.1. The summed E-state index contributed by atoms with van der Waals surface area (Å²) in [5.74, 6) is 2.11. The second-order valence-corrected chi connectivity index (χ2v) is 6.51. The number of hydrogen-bond acceptors (Lipinski definition) is 5. The maximum absolute atomic E-state index is 12.1. The summed E-state index contributed by atoms with van der Waals surface area (Å²) in [6.07, 6.45) is 0. The summed E-state index contributed by atoms with van der Waals surface area (Å²) in [7, 11) is 1.62. The van der Waals surface area contributed by atoms with Crippen molar-refractivity contribution < 1.29 is 19.4 Å². The first kappa shape index (κ1) is 20.8. The number of phenolic OH excluding ortho intramolecular Hbond substituents is 1. The van der Waals surface area contributed by atoms with E-state index in [4.69, 9.17) is 9.47 Å². The zero-order chi connectivity index (χ0) is 21.3.